The fourth-order valence-electron chi connectivity index (χ4n) is 3.48. The SMILES string of the molecule is COc1ccc(-c2ncc3c(n2)CCN(C(=O)Cc2ccc(OC)cc2Cl)C3)cc1. The van der Waals surface area contributed by atoms with Crippen molar-refractivity contribution >= 4 is 17.5 Å². The lowest BCUT2D eigenvalue weighted by Crippen LogP contribution is -2.37. The summed E-state index contributed by atoms with van der Waals surface area (Å²) in [6, 6.07) is 13.0. The van der Waals surface area contributed by atoms with E-state index in [-0.39, 0.29) is 12.3 Å². The Hall–Kier alpha value is -3.12. The fourth-order valence-corrected chi connectivity index (χ4v) is 3.72. The van der Waals surface area contributed by atoms with Crippen LogP contribution in [0.5, 0.6) is 11.5 Å². The predicted molar refractivity (Wildman–Crippen MR) is 115 cm³/mol. The minimum Gasteiger partial charge on any atom is -0.497 e. The molecule has 1 amide bonds. The van der Waals surface area contributed by atoms with Gasteiger partial charge in [0.15, 0.2) is 5.82 Å². The van der Waals surface area contributed by atoms with Crippen LogP contribution in [0.4, 0.5) is 0 Å². The van der Waals surface area contributed by atoms with Gasteiger partial charge in [-0.1, -0.05) is 17.7 Å². The van der Waals surface area contributed by atoms with E-state index in [1.54, 1.807) is 20.3 Å². The van der Waals surface area contributed by atoms with Gasteiger partial charge in [0.25, 0.3) is 0 Å². The number of halogens is 1. The molecule has 1 aliphatic rings. The highest BCUT2D eigenvalue weighted by Crippen LogP contribution is 2.25. The maximum atomic E-state index is 12.8. The van der Waals surface area contributed by atoms with Crippen molar-refractivity contribution in [3.63, 3.8) is 0 Å². The number of aromatic nitrogens is 2. The number of hydrogen-bond acceptors (Lipinski definition) is 5. The molecule has 0 radical (unpaired) electrons. The quantitative estimate of drug-likeness (QED) is 0.621. The molecule has 6 nitrogen and oxygen atoms in total. The zero-order valence-electron chi connectivity index (χ0n) is 16.9. The normalized spacial score (nSPS) is 13.0. The van der Waals surface area contributed by atoms with Crippen LogP contribution in [0.2, 0.25) is 5.02 Å². The molecule has 154 valence electrons. The van der Waals surface area contributed by atoms with E-state index in [9.17, 15) is 4.79 Å². The van der Waals surface area contributed by atoms with Crippen molar-refractivity contribution < 1.29 is 14.3 Å². The second kappa shape index (κ2) is 8.71. The number of nitrogens with zero attached hydrogens (tertiary/aromatic N) is 3. The standard InChI is InChI=1S/C23H22ClN3O3/c1-29-18-6-3-15(4-7-18)23-25-13-17-14-27(10-9-21(17)26-23)22(28)11-16-5-8-19(30-2)12-20(16)24/h3-8,12-13H,9-11,14H2,1-2H3. The van der Waals surface area contributed by atoms with Gasteiger partial charge in [-0.15, -0.1) is 0 Å². The molecule has 0 bridgehead atoms. The number of carbonyl (C=O) groups excluding carboxylic acids is 1. The molecule has 0 spiro atoms. The van der Waals surface area contributed by atoms with E-state index in [1.165, 1.54) is 0 Å². The van der Waals surface area contributed by atoms with Gasteiger partial charge in [0.1, 0.15) is 11.5 Å². The molecule has 30 heavy (non-hydrogen) atoms. The molecule has 0 atom stereocenters. The molecule has 0 saturated carbocycles. The first kappa shape index (κ1) is 20.2. The van der Waals surface area contributed by atoms with Gasteiger partial charge in [0.2, 0.25) is 5.91 Å². The zero-order valence-corrected chi connectivity index (χ0v) is 17.6. The molecule has 0 N–H and O–H groups in total. The topological polar surface area (TPSA) is 64.6 Å². The van der Waals surface area contributed by atoms with Crippen molar-refractivity contribution in [2.45, 2.75) is 19.4 Å². The van der Waals surface area contributed by atoms with Crippen LogP contribution < -0.4 is 9.47 Å². The van der Waals surface area contributed by atoms with Crippen molar-refractivity contribution in [1.29, 1.82) is 0 Å². The van der Waals surface area contributed by atoms with Crippen molar-refractivity contribution in [3.8, 4) is 22.9 Å². The molecule has 4 rings (SSSR count). The minimum absolute atomic E-state index is 0.0342. The first-order valence-electron chi connectivity index (χ1n) is 9.67. The molecule has 3 aromatic rings. The monoisotopic (exact) mass is 423 g/mol. The summed E-state index contributed by atoms with van der Waals surface area (Å²) < 4.78 is 10.4. The number of fused-ring (bicyclic) bond motifs is 1. The molecule has 2 aromatic carbocycles. The Morgan fingerprint density at radius 1 is 1.10 bits per heavy atom. The van der Waals surface area contributed by atoms with E-state index in [0.29, 0.717) is 36.1 Å². The highest BCUT2D eigenvalue weighted by molar-refractivity contribution is 6.31. The van der Waals surface area contributed by atoms with Crippen LogP contribution in [-0.2, 0) is 24.2 Å². The maximum absolute atomic E-state index is 12.8. The van der Waals surface area contributed by atoms with Crippen LogP contribution in [-0.4, -0.2) is 41.5 Å². The van der Waals surface area contributed by atoms with Crippen LogP contribution in [0.1, 0.15) is 16.8 Å². The second-order valence-electron chi connectivity index (χ2n) is 7.09. The van der Waals surface area contributed by atoms with Crippen molar-refractivity contribution in [3.05, 3.63) is 70.5 Å². The summed E-state index contributed by atoms with van der Waals surface area (Å²) in [6.07, 6.45) is 2.77. The summed E-state index contributed by atoms with van der Waals surface area (Å²) in [4.78, 5) is 23.9. The van der Waals surface area contributed by atoms with E-state index >= 15 is 0 Å². The van der Waals surface area contributed by atoms with Gasteiger partial charge in [-0.05, 0) is 42.0 Å². The average molecular weight is 424 g/mol. The number of ether oxygens (including phenoxy) is 2. The highest BCUT2D eigenvalue weighted by Gasteiger charge is 2.23. The van der Waals surface area contributed by atoms with Crippen molar-refractivity contribution in [1.82, 2.24) is 14.9 Å². The van der Waals surface area contributed by atoms with E-state index in [2.05, 4.69) is 4.98 Å². The number of rotatable bonds is 5. The summed E-state index contributed by atoms with van der Waals surface area (Å²) in [6.45, 7) is 1.13. The first-order valence-corrected chi connectivity index (χ1v) is 10.0. The Labute approximate surface area is 180 Å². The van der Waals surface area contributed by atoms with Crippen LogP contribution in [0.15, 0.2) is 48.7 Å². The van der Waals surface area contributed by atoms with Crippen molar-refractivity contribution in [2.24, 2.45) is 0 Å². The Morgan fingerprint density at radius 2 is 1.83 bits per heavy atom. The Morgan fingerprint density at radius 3 is 2.53 bits per heavy atom. The number of methoxy groups -OCH3 is 2. The lowest BCUT2D eigenvalue weighted by atomic mass is 10.0. The van der Waals surface area contributed by atoms with Crippen LogP contribution in [0.3, 0.4) is 0 Å². The van der Waals surface area contributed by atoms with Gasteiger partial charge < -0.3 is 14.4 Å². The fraction of sp³-hybridized carbons (Fsp3) is 0.261. The molecule has 7 heteroatoms. The Balaban J connectivity index is 1.46. The second-order valence-corrected chi connectivity index (χ2v) is 7.50. The van der Waals surface area contributed by atoms with E-state index in [4.69, 9.17) is 26.1 Å². The van der Waals surface area contributed by atoms with Gasteiger partial charge in [-0.3, -0.25) is 4.79 Å². The molecule has 0 unspecified atom stereocenters. The van der Waals surface area contributed by atoms with Gasteiger partial charge >= 0.3 is 0 Å². The summed E-state index contributed by atoms with van der Waals surface area (Å²) in [5.74, 6) is 2.18. The van der Waals surface area contributed by atoms with E-state index in [0.717, 1.165) is 28.1 Å². The van der Waals surface area contributed by atoms with Crippen LogP contribution >= 0.6 is 11.6 Å². The molecule has 1 aliphatic heterocycles. The molecular weight excluding hydrogens is 402 g/mol. The van der Waals surface area contributed by atoms with Gasteiger partial charge in [0, 0.05) is 41.9 Å². The predicted octanol–water partition coefficient (Wildman–Crippen LogP) is 3.94. The third kappa shape index (κ3) is 4.24. The smallest absolute Gasteiger partial charge is 0.227 e. The van der Waals surface area contributed by atoms with E-state index < -0.39 is 0 Å². The number of hydrogen-bond donors (Lipinski definition) is 0. The largest absolute Gasteiger partial charge is 0.497 e. The lowest BCUT2D eigenvalue weighted by molar-refractivity contribution is -0.131. The minimum atomic E-state index is 0.0342. The molecule has 2 heterocycles. The Bertz CT molecular complexity index is 1070. The molecule has 1 aromatic heterocycles. The Kier molecular flexibility index (Phi) is 5.86. The number of carbonyl (C=O) groups is 1. The lowest BCUT2D eigenvalue weighted by Gasteiger charge is -2.28. The summed E-state index contributed by atoms with van der Waals surface area (Å²) >= 11 is 6.29. The van der Waals surface area contributed by atoms with Gasteiger partial charge in [-0.25, -0.2) is 9.97 Å². The van der Waals surface area contributed by atoms with E-state index in [1.807, 2.05) is 47.5 Å². The summed E-state index contributed by atoms with van der Waals surface area (Å²) in [5, 5.41) is 0.535. The maximum Gasteiger partial charge on any atom is 0.227 e. The average Bonchev–Trinajstić information content (AvgIpc) is 2.79. The van der Waals surface area contributed by atoms with Gasteiger partial charge in [0.05, 0.1) is 26.3 Å². The molecule has 0 saturated heterocycles. The van der Waals surface area contributed by atoms with Crippen molar-refractivity contribution in [2.75, 3.05) is 20.8 Å². The number of amides is 1. The third-order valence-corrected chi connectivity index (χ3v) is 5.59. The van der Waals surface area contributed by atoms with Crippen LogP contribution in [0.25, 0.3) is 11.4 Å². The summed E-state index contributed by atoms with van der Waals surface area (Å²) in [7, 11) is 3.23. The molecule has 0 fully saturated rings. The highest BCUT2D eigenvalue weighted by atomic mass is 35.5. The third-order valence-electron chi connectivity index (χ3n) is 5.24. The number of benzene rings is 2. The molecular formula is C23H22ClN3O3. The van der Waals surface area contributed by atoms with Gasteiger partial charge in [-0.2, -0.15) is 0 Å². The first-order chi connectivity index (χ1) is 14.6. The molecule has 0 aliphatic carbocycles. The zero-order chi connectivity index (χ0) is 21.1. The summed E-state index contributed by atoms with van der Waals surface area (Å²) in [5.41, 5.74) is 3.70. The van der Waals surface area contributed by atoms with Crippen LogP contribution in [0, 0.1) is 0 Å².